The number of nitrogens with zero attached hydrogens (tertiary/aromatic N) is 1. The highest BCUT2D eigenvalue weighted by atomic mass is 16.5. The third-order valence-electron chi connectivity index (χ3n) is 2.70. The Bertz CT molecular complexity index is 318. The molecule has 2 rings (SSSR count). The van der Waals surface area contributed by atoms with E-state index in [4.69, 9.17) is 4.74 Å². The van der Waals surface area contributed by atoms with Crippen molar-refractivity contribution in [3.8, 4) is 0 Å². The Balaban J connectivity index is 2.10. The molecule has 0 spiro atoms. The normalized spacial score (nSPS) is 26.1. The molecule has 14 heavy (non-hydrogen) atoms. The molecule has 76 valence electrons. The second-order valence-electron chi connectivity index (χ2n) is 4.95. The fourth-order valence-corrected chi connectivity index (χ4v) is 1.60. The molecule has 0 fully saturated rings. The van der Waals surface area contributed by atoms with Crippen LogP contribution in [0.25, 0.3) is 0 Å². The van der Waals surface area contributed by atoms with Gasteiger partial charge in [-0.25, -0.2) is 4.99 Å². The second-order valence-corrected chi connectivity index (χ2v) is 4.95. The summed E-state index contributed by atoms with van der Waals surface area (Å²) in [5.41, 5.74) is 1.42. The van der Waals surface area contributed by atoms with Gasteiger partial charge in [-0.2, -0.15) is 0 Å². The van der Waals surface area contributed by atoms with Crippen molar-refractivity contribution < 1.29 is 4.74 Å². The summed E-state index contributed by atoms with van der Waals surface area (Å²) in [6, 6.07) is 0.305. The first kappa shape index (κ1) is 9.50. The van der Waals surface area contributed by atoms with Crippen molar-refractivity contribution in [3.63, 3.8) is 0 Å². The standard InChI is InChI=1S/C12H17NO/c1-12(2,3)10-8-14-11(13-10)9-6-4-5-7-9/h4-6,10H,7-8H2,1-3H3/t10-/m0/s1. The molecular weight excluding hydrogens is 174 g/mol. The molecule has 2 heteroatoms. The molecule has 0 amide bonds. The molecule has 0 radical (unpaired) electrons. The van der Waals surface area contributed by atoms with Crippen LogP contribution in [0.3, 0.4) is 0 Å². The van der Waals surface area contributed by atoms with Gasteiger partial charge in [-0.1, -0.05) is 39.0 Å². The average Bonchev–Trinajstić information content (AvgIpc) is 2.73. The predicted molar refractivity (Wildman–Crippen MR) is 58.5 cm³/mol. The van der Waals surface area contributed by atoms with Gasteiger partial charge in [0.05, 0.1) is 6.04 Å². The van der Waals surface area contributed by atoms with Gasteiger partial charge in [0.25, 0.3) is 0 Å². The summed E-state index contributed by atoms with van der Waals surface area (Å²) in [5, 5.41) is 0. The molecule has 0 N–H and O–H groups in total. The first-order valence-corrected chi connectivity index (χ1v) is 5.14. The van der Waals surface area contributed by atoms with Gasteiger partial charge in [-0.3, -0.25) is 0 Å². The van der Waals surface area contributed by atoms with E-state index >= 15 is 0 Å². The molecular formula is C12H17NO. The van der Waals surface area contributed by atoms with Gasteiger partial charge in [0.15, 0.2) is 0 Å². The van der Waals surface area contributed by atoms with E-state index in [2.05, 4.69) is 44.0 Å². The van der Waals surface area contributed by atoms with Crippen LogP contribution in [-0.2, 0) is 4.74 Å². The zero-order chi connectivity index (χ0) is 10.2. The van der Waals surface area contributed by atoms with Crippen molar-refractivity contribution in [2.75, 3.05) is 6.61 Å². The van der Waals surface area contributed by atoms with Gasteiger partial charge in [-0.05, 0) is 11.8 Å². The first-order valence-electron chi connectivity index (χ1n) is 5.14. The fourth-order valence-electron chi connectivity index (χ4n) is 1.60. The Kier molecular flexibility index (Phi) is 2.22. The summed E-state index contributed by atoms with van der Waals surface area (Å²) in [6.45, 7) is 7.34. The van der Waals surface area contributed by atoms with Crippen LogP contribution >= 0.6 is 0 Å². The second kappa shape index (κ2) is 3.26. The quantitative estimate of drug-likeness (QED) is 0.624. The van der Waals surface area contributed by atoms with Gasteiger partial charge < -0.3 is 4.74 Å². The van der Waals surface area contributed by atoms with E-state index in [1.165, 1.54) is 5.57 Å². The molecule has 1 aliphatic heterocycles. The van der Waals surface area contributed by atoms with Crippen molar-refractivity contribution in [1.82, 2.24) is 0 Å². The summed E-state index contributed by atoms with van der Waals surface area (Å²) in [6.07, 6.45) is 7.25. The van der Waals surface area contributed by atoms with Crippen molar-refractivity contribution in [1.29, 1.82) is 0 Å². The lowest BCUT2D eigenvalue weighted by Crippen LogP contribution is -2.25. The van der Waals surface area contributed by atoms with Crippen LogP contribution in [0.15, 0.2) is 28.8 Å². The topological polar surface area (TPSA) is 21.6 Å². The van der Waals surface area contributed by atoms with E-state index in [0.717, 1.165) is 18.9 Å². The molecule has 1 heterocycles. The van der Waals surface area contributed by atoms with Crippen molar-refractivity contribution in [2.45, 2.75) is 33.2 Å². The number of aliphatic imine (C=N–C) groups is 1. The summed E-state index contributed by atoms with van der Waals surface area (Å²) in [7, 11) is 0. The lowest BCUT2D eigenvalue weighted by molar-refractivity contribution is 0.235. The summed E-state index contributed by atoms with van der Waals surface area (Å²) in [4.78, 5) is 4.63. The maximum absolute atomic E-state index is 5.62. The molecule has 0 aromatic rings. The van der Waals surface area contributed by atoms with E-state index < -0.39 is 0 Å². The molecule has 0 saturated carbocycles. The maximum Gasteiger partial charge on any atom is 0.212 e. The average molecular weight is 191 g/mol. The monoisotopic (exact) mass is 191 g/mol. The summed E-state index contributed by atoms with van der Waals surface area (Å²) < 4.78 is 5.62. The van der Waals surface area contributed by atoms with Crippen LogP contribution in [0.5, 0.6) is 0 Å². The van der Waals surface area contributed by atoms with Crippen LogP contribution < -0.4 is 0 Å². The van der Waals surface area contributed by atoms with E-state index in [1.54, 1.807) is 0 Å². The molecule has 1 aliphatic carbocycles. The van der Waals surface area contributed by atoms with Crippen LogP contribution in [0, 0.1) is 5.41 Å². The van der Waals surface area contributed by atoms with Gasteiger partial charge in [0.1, 0.15) is 6.61 Å². The van der Waals surface area contributed by atoms with E-state index in [9.17, 15) is 0 Å². The highest BCUT2D eigenvalue weighted by Gasteiger charge is 2.31. The SMILES string of the molecule is CC(C)(C)[C@@H]1COC(C2=CC=CC2)=N1. The van der Waals surface area contributed by atoms with Crippen LogP contribution in [-0.4, -0.2) is 18.5 Å². The minimum absolute atomic E-state index is 0.203. The molecule has 0 saturated heterocycles. The largest absolute Gasteiger partial charge is 0.475 e. The molecule has 2 aliphatic rings. The molecule has 0 unspecified atom stereocenters. The van der Waals surface area contributed by atoms with Crippen molar-refractivity contribution in [3.05, 3.63) is 23.8 Å². The molecule has 0 aromatic heterocycles. The van der Waals surface area contributed by atoms with Crippen molar-refractivity contribution >= 4 is 5.90 Å². The Morgan fingerprint density at radius 1 is 1.43 bits per heavy atom. The van der Waals surface area contributed by atoms with E-state index in [-0.39, 0.29) is 5.41 Å². The number of rotatable bonds is 1. The van der Waals surface area contributed by atoms with Crippen LogP contribution in [0.4, 0.5) is 0 Å². The van der Waals surface area contributed by atoms with Gasteiger partial charge in [0.2, 0.25) is 5.90 Å². The van der Waals surface area contributed by atoms with E-state index in [0.29, 0.717) is 6.04 Å². The minimum Gasteiger partial charge on any atom is -0.475 e. The number of hydrogen-bond donors (Lipinski definition) is 0. The third-order valence-corrected chi connectivity index (χ3v) is 2.70. The molecule has 1 atom stereocenters. The maximum atomic E-state index is 5.62. The lowest BCUT2D eigenvalue weighted by atomic mass is 9.88. The zero-order valence-corrected chi connectivity index (χ0v) is 9.08. The third kappa shape index (κ3) is 1.74. The van der Waals surface area contributed by atoms with Gasteiger partial charge in [-0.15, -0.1) is 0 Å². The smallest absolute Gasteiger partial charge is 0.212 e. The summed E-state index contributed by atoms with van der Waals surface area (Å²) in [5.74, 6) is 0.856. The summed E-state index contributed by atoms with van der Waals surface area (Å²) >= 11 is 0. The lowest BCUT2D eigenvalue weighted by Gasteiger charge is -2.21. The zero-order valence-electron chi connectivity index (χ0n) is 9.08. The van der Waals surface area contributed by atoms with Crippen LogP contribution in [0.2, 0.25) is 0 Å². The Morgan fingerprint density at radius 3 is 2.71 bits per heavy atom. The highest BCUT2D eigenvalue weighted by Crippen LogP contribution is 2.28. The molecule has 0 bridgehead atoms. The molecule has 2 nitrogen and oxygen atoms in total. The number of ether oxygens (including phenoxy) is 1. The number of allylic oxidation sites excluding steroid dienone is 3. The number of hydrogen-bond acceptors (Lipinski definition) is 2. The first-order chi connectivity index (χ1) is 6.57. The Labute approximate surface area is 85.4 Å². The Hall–Kier alpha value is -1.05. The minimum atomic E-state index is 0.203. The van der Waals surface area contributed by atoms with Gasteiger partial charge >= 0.3 is 0 Å². The Morgan fingerprint density at radius 2 is 2.21 bits per heavy atom. The molecule has 0 aromatic carbocycles. The van der Waals surface area contributed by atoms with E-state index in [1.807, 2.05) is 0 Å². The van der Waals surface area contributed by atoms with Crippen LogP contribution in [0.1, 0.15) is 27.2 Å². The van der Waals surface area contributed by atoms with Crippen molar-refractivity contribution in [2.24, 2.45) is 10.4 Å². The van der Waals surface area contributed by atoms with Gasteiger partial charge in [0, 0.05) is 5.57 Å². The fraction of sp³-hybridized carbons (Fsp3) is 0.583. The predicted octanol–water partition coefficient (Wildman–Crippen LogP) is 2.72. The highest BCUT2D eigenvalue weighted by molar-refractivity contribution is 5.95.